The van der Waals surface area contributed by atoms with Crippen LogP contribution in [0.3, 0.4) is 0 Å². The summed E-state index contributed by atoms with van der Waals surface area (Å²) < 4.78 is 12.1. The molecule has 10 nitrogen and oxygen atoms in total. The maximum absolute atomic E-state index is 10.6. The van der Waals surface area contributed by atoms with E-state index in [9.17, 15) is 9.90 Å². The number of aromatic nitrogens is 4. The van der Waals surface area contributed by atoms with E-state index < -0.39 is 18.3 Å². The van der Waals surface area contributed by atoms with Crippen LogP contribution in [0, 0.1) is 0 Å². The van der Waals surface area contributed by atoms with Crippen molar-refractivity contribution in [3.8, 4) is 11.5 Å². The Bertz CT molecular complexity index is 909. The number of aliphatic hydroxyl groups is 1. The molecular formula is C17H19N5O5. The highest BCUT2D eigenvalue weighted by atomic mass is 16.5. The van der Waals surface area contributed by atoms with Crippen LogP contribution in [0.5, 0.6) is 11.5 Å². The average molecular weight is 373 g/mol. The predicted octanol–water partition coefficient (Wildman–Crippen LogP) is 0.421. The average Bonchev–Trinajstić information content (AvgIpc) is 3.12. The number of rotatable bonds is 9. The molecule has 0 fully saturated rings. The van der Waals surface area contributed by atoms with Gasteiger partial charge in [-0.05, 0) is 53.7 Å². The normalized spacial score (nSPS) is 13.3. The van der Waals surface area contributed by atoms with Crippen LogP contribution >= 0.6 is 0 Å². The Kier molecular flexibility index (Phi) is 5.48. The fourth-order valence-electron chi connectivity index (χ4n) is 2.37. The molecule has 0 aliphatic rings. The Labute approximate surface area is 154 Å². The van der Waals surface area contributed by atoms with Crippen molar-refractivity contribution < 1.29 is 24.5 Å². The molecule has 3 N–H and O–H groups in total. The van der Waals surface area contributed by atoms with Crippen LogP contribution in [-0.4, -0.2) is 56.0 Å². The Morgan fingerprint density at radius 3 is 2.59 bits per heavy atom. The van der Waals surface area contributed by atoms with E-state index >= 15 is 0 Å². The number of nitrogens with zero attached hydrogens (tertiary/aromatic N) is 4. The van der Waals surface area contributed by atoms with Crippen LogP contribution in [0.1, 0.15) is 12.5 Å². The van der Waals surface area contributed by atoms with Crippen LogP contribution in [0.25, 0.3) is 5.65 Å². The SMILES string of the molecule is C[C@@](O)(NCCOc1ccc(OCC(=O)O)cc1)c1ccc2nnnn2c1. The minimum absolute atomic E-state index is 0.318. The summed E-state index contributed by atoms with van der Waals surface area (Å²) >= 11 is 0. The standard InChI is InChI=1S/C17H19N5O5/c1-17(25,12-2-7-15-19-20-21-22(15)10-12)18-8-9-26-13-3-5-14(6-4-13)27-11-16(23)24/h2-7,10,18,25H,8-9,11H2,1H3,(H,23,24)/t17-/m0/s1. The van der Waals surface area contributed by atoms with Crippen molar-refractivity contribution in [1.29, 1.82) is 0 Å². The summed E-state index contributed by atoms with van der Waals surface area (Å²) in [6, 6.07) is 10.1. The summed E-state index contributed by atoms with van der Waals surface area (Å²) in [5, 5.41) is 33.4. The summed E-state index contributed by atoms with van der Waals surface area (Å²) in [7, 11) is 0. The van der Waals surface area contributed by atoms with Gasteiger partial charge in [0.05, 0.1) is 0 Å². The Morgan fingerprint density at radius 1 is 1.19 bits per heavy atom. The molecule has 2 heterocycles. The minimum atomic E-state index is -1.28. The lowest BCUT2D eigenvalue weighted by Crippen LogP contribution is -2.41. The molecular weight excluding hydrogens is 354 g/mol. The van der Waals surface area contributed by atoms with Crippen LogP contribution in [0.2, 0.25) is 0 Å². The van der Waals surface area contributed by atoms with Crippen LogP contribution in [0.15, 0.2) is 42.6 Å². The lowest BCUT2D eigenvalue weighted by molar-refractivity contribution is -0.139. The van der Waals surface area contributed by atoms with E-state index in [4.69, 9.17) is 14.6 Å². The van der Waals surface area contributed by atoms with Crippen molar-refractivity contribution in [3.63, 3.8) is 0 Å². The second-order valence-electron chi connectivity index (χ2n) is 5.90. The molecule has 1 atom stereocenters. The third-order valence-corrected chi connectivity index (χ3v) is 3.78. The number of carbonyl (C=O) groups is 1. The minimum Gasteiger partial charge on any atom is -0.492 e. The van der Waals surface area contributed by atoms with E-state index in [1.807, 2.05) is 0 Å². The maximum atomic E-state index is 10.6. The smallest absolute Gasteiger partial charge is 0.341 e. The first kappa shape index (κ1) is 18.5. The van der Waals surface area contributed by atoms with Gasteiger partial charge in [-0.15, -0.1) is 5.10 Å². The van der Waals surface area contributed by atoms with E-state index in [1.54, 1.807) is 49.5 Å². The third-order valence-electron chi connectivity index (χ3n) is 3.78. The molecule has 142 valence electrons. The van der Waals surface area contributed by atoms with Crippen LogP contribution < -0.4 is 14.8 Å². The highest BCUT2D eigenvalue weighted by Crippen LogP contribution is 2.19. The fourth-order valence-corrected chi connectivity index (χ4v) is 2.37. The zero-order valence-corrected chi connectivity index (χ0v) is 14.6. The van der Waals surface area contributed by atoms with Gasteiger partial charge in [0, 0.05) is 18.3 Å². The van der Waals surface area contributed by atoms with Gasteiger partial charge in [-0.3, -0.25) is 5.32 Å². The number of hydrogen-bond acceptors (Lipinski definition) is 8. The lowest BCUT2D eigenvalue weighted by atomic mass is 10.1. The number of aliphatic carboxylic acids is 1. The van der Waals surface area contributed by atoms with Gasteiger partial charge in [-0.1, -0.05) is 0 Å². The van der Waals surface area contributed by atoms with Crippen molar-refractivity contribution in [3.05, 3.63) is 48.2 Å². The molecule has 0 amide bonds. The third kappa shape index (κ3) is 4.90. The number of fused-ring (bicyclic) bond motifs is 1. The Balaban J connectivity index is 1.48. The summed E-state index contributed by atoms with van der Waals surface area (Å²) in [4.78, 5) is 10.5. The molecule has 0 aliphatic heterocycles. The number of tetrazole rings is 1. The summed E-state index contributed by atoms with van der Waals surface area (Å²) in [5.74, 6) is 0.0192. The highest BCUT2D eigenvalue weighted by Gasteiger charge is 2.23. The molecule has 2 aromatic heterocycles. The van der Waals surface area contributed by atoms with E-state index in [0.717, 1.165) is 0 Å². The van der Waals surface area contributed by atoms with Crippen LogP contribution in [0.4, 0.5) is 0 Å². The molecule has 0 aliphatic carbocycles. The number of ether oxygens (including phenoxy) is 2. The number of carboxylic acid groups (broad SMARTS) is 1. The Hall–Kier alpha value is -3.24. The summed E-state index contributed by atoms with van der Waals surface area (Å²) in [5.41, 5.74) is -0.0752. The zero-order chi connectivity index (χ0) is 19.3. The molecule has 27 heavy (non-hydrogen) atoms. The molecule has 3 aromatic rings. The van der Waals surface area contributed by atoms with Crippen molar-refractivity contribution in [2.75, 3.05) is 19.8 Å². The van der Waals surface area contributed by atoms with Gasteiger partial charge in [0.1, 0.15) is 23.8 Å². The van der Waals surface area contributed by atoms with Gasteiger partial charge < -0.3 is 19.7 Å². The monoisotopic (exact) mass is 373 g/mol. The van der Waals surface area contributed by atoms with E-state index in [2.05, 4.69) is 20.8 Å². The van der Waals surface area contributed by atoms with E-state index in [-0.39, 0.29) is 0 Å². The lowest BCUT2D eigenvalue weighted by Gasteiger charge is -2.25. The van der Waals surface area contributed by atoms with Crippen molar-refractivity contribution >= 4 is 11.6 Å². The second-order valence-corrected chi connectivity index (χ2v) is 5.90. The van der Waals surface area contributed by atoms with Gasteiger partial charge in [0.2, 0.25) is 0 Å². The predicted molar refractivity (Wildman–Crippen MR) is 93.4 cm³/mol. The molecule has 0 unspecified atom stereocenters. The summed E-state index contributed by atoms with van der Waals surface area (Å²) in [6.07, 6.45) is 1.65. The highest BCUT2D eigenvalue weighted by molar-refractivity contribution is 5.68. The zero-order valence-electron chi connectivity index (χ0n) is 14.6. The molecule has 0 radical (unpaired) electrons. The first-order chi connectivity index (χ1) is 12.9. The van der Waals surface area contributed by atoms with Crippen molar-refractivity contribution in [1.82, 2.24) is 25.4 Å². The number of pyridine rings is 1. The molecule has 1 aromatic carbocycles. The first-order valence-corrected chi connectivity index (χ1v) is 8.17. The maximum Gasteiger partial charge on any atom is 0.341 e. The Morgan fingerprint density at radius 2 is 1.89 bits per heavy atom. The van der Waals surface area contributed by atoms with Gasteiger partial charge in [0.25, 0.3) is 0 Å². The molecule has 3 rings (SSSR count). The largest absolute Gasteiger partial charge is 0.492 e. The second kappa shape index (κ2) is 7.98. The number of nitrogens with one attached hydrogen (secondary N) is 1. The number of hydrogen-bond donors (Lipinski definition) is 3. The quantitative estimate of drug-likeness (QED) is 0.361. The molecule has 10 heteroatoms. The van der Waals surface area contributed by atoms with E-state index in [0.29, 0.717) is 35.9 Å². The van der Waals surface area contributed by atoms with Crippen LogP contribution in [-0.2, 0) is 10.5 Å². The van der Waals surface area contributed by atoms with Gasteiger partial charge in [-0.25, -0.2) is 9.31 Å². The number of carboxylic acids is 1. The van der Waals surface area contributed by atoms with Gasteiger partial charge in [-0.2, -0.15) is 0 Å². The summed E-state index contributed by atoms with van der Waals surface area (Å²) in [6.45, 7) is 1.94. The van der Waals surface area contributed by atoms with Crippen molar-refractivity contribution in [2.24, 2.45) is 0 Å². The van der Waals surface area contributed by atoms with Crippen molar-refractivity contribution in [2.45, 2.75) is 12.6 Å². The first-order valence-electron chi connectivity index (χ1n) is 8.17. The van der Waals surface area contributed by atoms with Gasteiger partial charge >= 0.3 is 5.97 Å². The molecule has 0 spiro atoms. The van der Waals surface area contributed by atoms with E-state index in [1.165, 1.54) is 4.52 Å². The topological polar surface area (TPSA) is 131 Å². The van der Waals surface area contributed by atoms with Gasteiger partial charge in [0.15, 0.2) is 12.3 Å². The molecule has 0 bridgehead atoms. The number of benzene rings is 1. The molecule has 0 saturated heterocycles. The fraction of sp³-hybridized carbons (Fsp3) is 0.294. The molecule has 0 saturated carbocycles.